The first-order valence-corrected chi connectivity index (χ1v) is 7.58. The van der Waals surface area contributed by atoms with Crippen molar-refractivity contribution in [2.75, 3.05) is 11.9 Å². The lowest BCUT2D eigenvalue weighted by Crippen LogP contribution is -2.29. The highest BCUT2D eigenvalue weighted by atomic mass is 35.5. The number of amides is 1. The quantitative estimate of drug-likeness (QED) is 0.802. The summed E-state index contributed by atoms with van der Waals surface area (Å²) >= 11 is -0.221. The third-order valence-corrected chi connectivity index (χ3v) is 4.48. The maximum Gasteiger partial charge on any atom is 0.446 e. The monoisotopic (exact) mass is 354 g/mol. The van der Waals surface area contributed by atoms with Crippen LogP contribution in [0.25, 0.3) is 0 Å². The van der Waals surface area contributed by atoms with Crippen LogP contribution in [-0.4, -0.2) is 18.0 Å². The van der Waals surface area contributed by atoms with Crippen molar-refractivity contribution in [1.82, 2.24) is 0 Å². The molecule has 1 aromatic rings. The number of nitrogens with one attached hydrogen (secondary N) is 1. The Labute approximate surface area is 137 Å². The number of halogens is 4. The predicted octanol–water partition coefficient (Wildman–Crippen LogP) is 4.03. The average Bonchev–Trinajstić information content (AvgIpc) is 2.87. The Morgan fingerprint density at radius 2 is 2.00 bits per heavy atom. The number of alkyl halides is 3. The van der Waals surface area contributed by atoms with Gasteiger partial charge in [-0.05, 0) is 49.2 Å². The zero-order valence-corrected chi connectivity index (χ0v) is 13.4. The summed E-state index contributed by atoms with van der Waals surface area (Å²) in [6.07, 6.45) is 2.56. The minimum absolute atomic E-state index is 0. The summed E-state index contributed by atoms with van der Waals surface area (Å²) < 4.78 is 37.5. The van der Waals surface area contributed by atoms with Crippen LogP contribution < -0.4 is 11.1 Å². The lowest BCUT2D eigenvalue weighted by atomic mass is 9.95. The van der Waals surface area contributed by atoms with Crippen LogP contribution in [0.15, 0.2) is 29.2 Å². The normalized spacial score (nSPS) is 21.3. The number of carbonyl (C=O) groups is 1. The lowest BCUT2D eigenvalue weighted by molar-refractivity contribution is -0.120. The standard InChI is InChI=1S/C14H17F3N2OS.ClH/c15-14(16,17)21-12-7-2-1-6-11(12)19-13(20)10-5-3-4-9(10)8-18;/h1-2,6-7,9-10H,3-5,8,18H2,(H,19,20);1H/t9-,10-;/m1./s1. The van der Waals surface area contributed by atoms with E-state index in [4.69, 9.17) is 5.73 Å². The highest BCUT2D eigenvalue weighted by Crippen LogP contribution is 2.41. The molecule has 0 saturated heterocycles. The molecule has 0 spiro atoms. The number of para-hydroxylation sites is 1. The Hall–Kier alpha value is -0.920. The molecule has 2 rings (SSSR count). The van der Waals surface area contributed by atoms with Gasteiger partial charge in [0.1, 0.15) is 0 Å². The van der Waals surface area contributed by atoms with Crippen molar-refractivity contribution >= 4 is 35.8 Å². The molecule has 0 bridgehead atoms. The van der Waals surface area contributed by atoms with E-state index in [1.54, 1.807) is 6.07 Å². The number of nitrogens with two attached hydrogens (primary N) is 1. The number of thioether (sulfide) groups is 1. The molecule has 3 nitrogen and oxygen atoms in total. The molecule has 1 aliphatic carbocycles. The third kappa shape index (κ3) is 5.07. The SMILES string of the molecule is Cl.NC[C@H]1CCC[C@H]1C(=O)Nc1ccccc1SC(F)(F)F. The van der Waals surface area contributed by atoms with Crippen molar-refractivity contribution in [1.29, 1.82) is 0 Å². The van der Waals surface area contributed by atoms with Gasteiger partial charge < -0.3 is 11.1 Å². The van der Waals surface area contributed by atoms with E-state index < -0.39 is 5.51 Å². The van der Waals surface area contributed by atoms with Crippen LogP contribution in [0.4, 0.5) is 18.9 Å². The van der Waals surface area contributed by atoms with Gasteiger partial charge in [0, 0.05) is 10.8 Å². The van der Waals surface area contributed by atoms with Gasteiger partial charge in [-0.3, -0.25) is 4.79 Å². The Balaban J connectivity index is 0.00000242. The summed E-state index contributed by atoms with van der Waals surface area (Å²) in [4.78, 5) is 12.2. The van der Waals surface area contributed by atoms with Crippen LogP contribution in [0.3, 0.4) is 0 Å². The van der Waals surface area contributed by atoms with Crippen molar-refractivity contribution in [3.05, 3.63) is 24.3 Å². The summed E-state index contributed by atoms with van der Waals surface area (Å²) in [7, 11) is 0. The van der Waals surface area contributed by atoms with Crippen molar-refractivity contribution in [2.24, 2.45) is 17.6 Å². The van der Waals surface area contributed by atoms with Crippen LogP contribution in [0.5, 0.6) is 0 Å². The number of anilines is 1. The predicted molar refractivity (Wildman–Crippen MR) is 84.1 cm³/mol. The minimum atomic E-state index is -4.38. The molecule has 1 aliphatic rings. The van der Waals surface area contributed by atoms with Gasteiger partial charge in [0.15, 0.2) is 0 Å². The zero-order chi connectivity index (χ0) is 15.5. The van der Waals surface area contributed by atoms with Gasteiger partial charge in [0.2, 0.25) is 5.91 Å². The Morgan fingerprint density at radius 1 is 1.32 bits per heavy atom. The summed E-state index contributed by atoms with van der Waals surface area (Å²) in [6.45, 7) is 0.428. The minimum Gasteiger partial charge on any atom is -0.330 e. The first kappa shape index (κ1) is 19.1. The molecule has 0 aliphatic heterocycles. The molecule has 2 atom stereocenters. The number of carbonyl (C=O) groups excluding carboxylic acids is 1. The van der Waals surface area contributed by atoms with E-state index >= 15 is 0 Å². The number of hydrogen-bond donors (Lipinski definition) is 2. The Bertz CT molecular complexity index is 513. The molecule has 8 heteroatoms. The molecule has 0 unspecified atom stereocenters. The van der Waals surface area contributed by atoms with Crippen molar-refractivity contribution in [3.8, 4) is 0 Å². The van der Waals surface area contributed by atoms with Crippen molar-refractivity contribution < 1.29 is 18.0 Å². The van der Waals surface area contributed by atoms with Crippen molar-refractivity contribution in [3.63, 3.8) is 0 Å². The second-order valence-electron chi connectivity index (χ2n) is 5.07. The molecule has 3 N–H and O–H groups in total. The smallest absolute Gasteiger partial charge is 0.330 e. The lowest BCUT2D eigenvalue weighted by Gasteiger charge is -2.19. The van der Waals surface area contributed by atoms with Gasteiger partial charge in [-0.25, -0.2) is 0 Å². The van der Waals surface area contributed by atoms with Gasteiger partial charge >= 0.3 is 5.51 Å². The maximum absolute atomic E-state index is 12.5. The molecule has 1 aromatic carbocycles. The first-order valence-electron chi connectivity index (χ1n) is 6.76. The van der Waals surface area contributed by atoms with Gasteiger partial charge in [-0.1, -0.05) is 18.6 Å². The van der Waals surface area contributed by atoms with Crippen molar-refractivity contribution in [2.45, 2.75) is 29.7 Å². The number of benzene rings is 1. The highest BCUT2D eigenvalue weighted by Gasteiger charge is 2.33. The van der Waals surface area contributed by atoms with E-state index in [1.165, 1.54) is 18.2 Å². The maximum atomic E-state index is 12.5. The summed E-state index contributed by atoms with van der Waals surface area (Å²) in [6, 6.07) is 5.95. The molecule has 1 fully saturated rings. The molecule has 124 valence electrons. The molecule has 0 heterocycles. The molecule has 22 heavy (non-hydrogen) atoms. The molecule has 0 radical (unpaired) electrons. The average molecular weight is 355 g/mol. The molecule has 0 aromatic heterocycles. The zero-order valence-electron chi connectivity index (χ0n) is 11.7. The second kappa shape index (κ2) is 8.08. The topological polar surface area (TPSA) is 55.1 Å². The van der Waals surface area contributed by atoms with Gasteiger partial charge in [0.05, 0.1) is 5.69 Å². The fourth-order valence-electron chi connectivity index (χ4n) is 2.67. The molecular formula is C14H18ClF3N2OS. The molecule has 1 amide bonds. The van der Waals surface area contributed by atoms with Gasteiger partial charge in [-0.15, -0.1) is 12.4 Å². The Morgan fingerprint density at radius 3 is 2.64 bits per heavy atom. The summed E-state index contributed by atoms with van der Waals surface area (Å²) in [5, 5.41) is 2.62. The van der Waals surface area contributed by atoms with Crippen LogP contribution in [-0.2, 0) is 4.79 Å². The van der Waals surface area contributed by atoms with E-state index in [1.807, 2.05) is 0 Å². The van der Waals surface area contributed by atoms with Gasteiger partial charge in [-0.2, -0.15) is 13.2 Å². The van der Waals surface area contributed by atoms with E-state index in [0.29, 0.717) is 6.54 Å². The molecular weight excluding hydrogens is 337 g/mol. The summed E-state index contributed by atoms with van der Waals surface area (Å²) in [5.74, 6) is -0.329. The van der Waals surface area contributed by atoms with E-state index in [2.05, 4.69) is 5.32 Å². The number of rotatable bonds is 4. The fraction of sp³-hybridized carbons (Fsp3) is 0.500. The third-order valence-electron chi connectivity index (χ3n) is 3.67. The van der Waals surface area contributed by atoms with Crippen LogP contribution >= 0.6 is 24.2 Å². The first-order chi connectivity index (χ1) is 9.90. The van der Waals surface area contributed by atoms with Crippen LogP contribution in [0.2, 0.25) is 0 Å². The highest BCUT2D eigenvalue weighted by molar-refractivity contribution is 8.00. The van der Waals surface area contributed by atoms with E-state index in [9.17, 15) is 18.0 Å². The van der Waals surface area contributed by atoms with Crippen LogP contribution in [0, 0.1) is 11.8 Å². The largest absolute Gasteiger partial charge is 0.446 e. The van der Waals surface area contributed by atoms with E-state index in [-0.39, 0.29) is 52.5 Å². The van der Waals surface area contributed by atoms with Crippen LogP contribution in [0.1, 0.15) is 19.3 Å². The number of hydrogen-bond acceptors (Lipinski definition) is 3. The van der Waals surface area contributed by atoms with E-state index in [0.717, 1.165) is 19.3 Å². The second-order valence-corrected chi connectivity index (χ2v) is 6.17. The van der Waals surface area contributed by atoms with Gasteiger partial charge in [0.25, 0.3) is 0 Å². The summed E-state index contributed by atoms with van der Waals surface area (Å²) in [5.41, 5.74) is 1.46. The Kier molecular flexibility index (Phi) is 7.02. The molecule has 1 saturated carbocycles. The fourth-order valence-corrected chi connectivity index (χ4v) is 3.30.